The van der Waals surface area contributed by atoms with E-state index >= 15 is 0 Å². The first-order valence-corrected chi connectivity index (χ1v) is 12.5. The Hall–Kier alpha value is -3.72. The van der Waals surface area contributed by atoms with Crippen LogP contribution in [0.4, 0.5) is 17.1 Å². The third kappa shape index (κ3) is 5.41. The minimum Gasteiger partial charge on any atom is -0.369 e. The molecule has 2 heterocycles. The maximum atomic E-state index is 12.9. The lowest BCUT2D eigenvalue weighted by molar-refractivity contribution is -0.386. The molecule has 2 aliphatic rings. The van der Waals surface area contributed by atoms with Gasteiger partial charge >= 0.3 is 5.69 Å². The Kier molecular flexibility index (Phi) is 6.73. The highest BCUT2D eigenvalue weighted by atomic mass is 16.6. The minimum absolute atomic E-state index is 0.0494. The van der Waals surface area contributed by atoms with Crippen LogP contribution in [-0.4, -0.2) is 58.2 Å². The lowest BCUT2D eigenvalue weighted by atomic mass is 10.1. The van der Waals surface area contributed by atoms with Gasteiger partial charge in [-0.3, -0.25) is 24.5 Å². The zero-order valence-electron chi connectivity index (χ0n) is 20.8. The molecule has 1 aliphatic carbocycles. The van der Waals surface area contributed by atoms with Crippen molar-refractivity contribution in [3.63, 3.8) is 0 Å². The topological polar surface area (TPSA) is 96.5 Å². The minimum atomic E-state index is -0.397. The van der Waals surface area contributed by atoms with E-state index < -0.39 is 4.92 Å². The first-order valence-electron chi connectivity index (χ1n) is 12.5. The molecule has 9 nitrogen and oxygen atoms in total. The standard InChI is InChI=1S/C27H32N6O3/c1-19-26(33(35)36)20(2)32(29-19)18-22-8-10-23(11-9-22)27(34)28-24-4-3-5-25(16-24)31-14-12-30(13-15-31)17-21-6-7-21/h3-5,8-11,16,21H,6-7,12-15,17-18H2,1-2H3,(H,28,34). The lowest BCUT2D eigenvalue weighted by Gasteiger charge is -2.36. The molecular formula is C27H32N6O3. The quantitative estimate of drug-likeness (QED) is 0.376. The summed E-state index contributed by atoms with van der Waals surface area (Å²) < 4.78 is 1.62. The number of nitrogens with one attached hydrogen (secondary N) is 1. The molecule has 1 amide bonds. The number of anilines is 2. The maximum absolute atomic E-state index is 12.9. The van der Waals surface area contributed by atoms with Crippen LogP contribution < -0.4 is 10.2 Å². The fourth-order valence-electron chi connectivity index (χ4n) is 4.88. The van der Waals surface area contributed by atoms with E-state index in [1.807, 2.05) is 30.3 Å². The second kappa shape index (κ2) is 10.1. The van der Waals surface area contributed by atoms with E-state index in [0.29, 0.717) is 23.5 Å². The molecule has 1 saturated heterocycles. The van der Waals surface area contributed by atoms with Crippen molar-refractivity contribution in [2.24, 2.45) is 5.92 Å². The van der Waals surface area contributed by atoms with Crippen LogP contribution in [0.25, 0.3) is 0 Å². The van der Waals surface area contributed by atoms with Crippen LogP contribution in [0.5, 0.6) is 0 Å². The maximum Gasteiger partial charge on any atom is 0.312 e. The van der Waals surface area contributed by atoms with Gasteiger partial charge in [-0.1, -0.05) is 18.2 Å². The van der Waals surface area contributed by atoms with Crippen molar-refractivity contribution in [2.45, 2.75) is 33.2 Å². The summed E-state index contributed by atoms with van der Waals surface area (Å²) in [4.78, 5) is 28.7. The molecule has 0 bridgehead atoms. The average molecular weight is 489 g/mol. The molecular weight excluding hydrogens is 456 g/mol. The number of aromatic nitrogens is 2. The largest absolute Gasteiger partial charge is 0.369 e. The number of benzene rings is 2. The van der Waals surface area contributed by atoms with Crippen molar-refractivity contribution in [3.8, 4) is 0 Å². The number of nitro groups is 1. The van der Waals surface area contributed by atoms with Gasteiger partial charge < -0.3 is 10.2 Å². The second-order valence-electron chi connectivity index (χ2n) is 9.87. The fraction of sp³-hybridized carbons (Fsp3) is 0.407. The van der Waals surface area contributed by atoms with Gasteiger partial charge in [-0.15, -0.1) is 0 Å². The van der Waals surface area contributed by atoms with E-state index in [4.69, 9.17) is 0 Å². The predicted octanol–water partition coefficient (Wildman–Crippen LogP) is 4.24. The predicted molar refractivity (Wildman–Crippen MR) is 140 cm³/mol. The van der Waals surface area contributed by atoms with Crippen molar-refractivity contribution in [2.75, 3.05) is 42.9 Å². The monoisotopic (exact) mass is 488 g/mol. The lowest BCUT2D eigenvalue weighted by Crippen LogP contribution is -2.47. The first kappa shape index (κ1) is 24.0. The number of aryl methyl sites for hydroxylation is 1. The zero-order valence-corrected chi connectivity index (χ0v) is 20.8. The van der Waals surface area contributed by atoms with Gasteiger partial charge in [0, 0.05) is 49.7 Å². The number of hydrogen-bond acceptors (Lipinski definition) is 6. The molecule has 2 fully saturated rings. The van der Waals surface area contributed by atoms with E-state index in [2.05, 4.69) is 26.3 Å². The first-order chi connectivity index (χ1) is 17.4. The van der Waals surface area contributed by atoms with Gasteiger partial charge in [0.25, 0.3) is 5.91 Å². The average Bonchev–Trinajstić information content (AvgIpc) is 3.63. The Morgan fingerprint density at radius 2 is 1.81 bits per heavy atom. The number of carbonyl (C=O) groups is 1. The van der Waals surface area contributed by atoms with E-state index in [1.165, 1.54) is 19.4 Å². The van der Waals surface area contributed by atoms with Crippen molar-refractivity contribution in [1.82, 2.24) is 14.7 Å². The fourth-order valence-corrected chi connectivity index (χ4v) is 4.88. The van der Waals surface area contributed by atoms with Gasteiger partial charge in [-0.25, -0.2) is 0 Å². The Balaban J connectivity index is 1.19. The third-order valence-electron chi connectivity index (χ3n) is 7.13. The van der Waals surface area contributed by atoms with Crippen molar-refractivity contribution in [3.05, 3.63) is 81.2 Å². The second-order valence-corrected chi connectivity index (χ2v) is 9.87. The molecule has 1 saturated carbocycles. The Morgan fingerprint density at radius 1 is 1.08 bits per heavy atom. The number of hydrogen-bond donors (Lipinski definition) is 1. The van der Waals surface area contributed by atoms with Crippen molar-refractivity contribution in [1.29, 1.82) is 0 Å². The summed E-state index contributed by atoms with van der Waals surface area (Å²) in [7, 11) is 0. The summed E-state index contributed by atoms with van der Waals surface area (Å²) in [5.41, 5.74) is 4.34. The summed E-state index contributed by atoms with van der Waals surface area (Å²) in [5, 5.41) is 18.6. The van der Waals surface area contributed by atoms with Crippen LogP contribution in [0.15, 0.2) is 48.5 Å². The summed E-state index contributed by atoms with van der Waals surface area (Å²) in [6.45, 7) is 9.16. The van der Waals surface area contributed by atoms with Crippen LogP contribution in [0.1, 0.15) is 40.2 Å². The number of rotatable bonds is 8. The third-order valence-corrected chi connectivity index (χ3v) is 7.13. The van der Waals surface area contributed by atoms with Crippen LogP contribution in [0, 0.1) is 29.9 Å². The highest BCUT2D eigenvalue weighted by Crippen LogP contribution is 2.30. The van der Waals surface area contributed by atoms with Gasteiger partial charge in [0.2, 0.25) is 0 Å². The SMILES string of the molecule is Cc1nn(Cc2ccc(C(=O)Nc3cccc(N4CCN(CC5CC5)CC4)c3)cc2)c(C)c1[N+](=O)[O-]. The Morgan fingerprint density at radius 3 is 2.44 bits per heavy atom. The smallest absolute Gasteiger partial charge is 0.312 e. The molecule has 1 aliphatic heterocycles. The molecule has 9 heteroatoms. The van der Waals surface area contributed by atoms with Gasteiger partial charge in [-0.2, -0.15) is 5.10 Å². The van der Waals surface area contributed by atoms with E-state index in [-0.39, 0.29) is 11.6 Å². The molecule has 3 aromatic rings. The summed E-state index contributed by atoms with van der Waals surface area (Å²) in [6.07, 6.45) is 2.78. The van der Waals surface area contributed by atoms with Gasteiger partial charge in [0.15, 0.2) is 0 Å². The van der Waals surface area contributed by atoms with E-state index in [9.17, 15) is 14.9 Å². The van der Waals surface area contributed by atoms with Crippen LogP contribution in [-0.2, 0) is 6.54 Å². The van der Waals surface area contributed by atoms with Crippen LogP contribution in [0.2, 0.25) is 0 Å². The molecule has 1 aromatic heterocycles. The highest BCUT2D eigenvalue weighted by molar-refractivity contribution is 6.04. The molecule has 0 unspecified atom stereocenters. The van der Waals surface area contributed by atoms with Gasteiger partial charge in [0.05, 0.1) is 11.5 Å². The molecule has 0 radical (unpaired) electrons. The van der Waals surface area contributed by atoms with Crippen LogP contribution in [0.3, 0.4) is 0 Å². The summed E-state index contributed by atoms with van der Waals surface area (Å²) in [5.74, 6) is 0.749. The Bertz CT molecular complexity index is 1260. The number of carbonyl (C=O) groups excluding carboxylic acids is 1. The Labute approximate surface area is 210 Å². The summed E-state index contributed by atoms with van der Waals surface area (Å²) >= 11 is 0. The zero-order chi connectivity index (χ0) is 25.2. The molecule has 0 spiro atoms. The normalized spacial score (nSPS) is 16.2. The van der Waals surface area contributed by atoms with Gasteiger partial charge in [-0.05, 0) is 68.5 Å². The molecule has 188 valence electrons. The van der Waals surface area contributed by atoms with E-state index in [0.717, 1.165) is 49.0 Å². The molecule has 36 heavy (non-hydrogen) atoms. The van der Waals surface area contributed by atoms with Gasteiger partial charge in [0.1, 0.15) is 11.4 Å². The summed E-state index contributed by atoms with van der Waals surface area (Å²) in [6, 6.07) is 15.3. The number of piperazine rings is 1. The molecule has 2 aromatic carbocycles. The number of nitrogens with zero attached hydrogens (tertiary/aromatic N) is 5. The molecule has 0 atom stereocenters. The molecule has 5 rings (SSSR count). The highest BCUT2D eigenvalue weighted by Gasteiger charge is 2.26. The molecule has 1 N–H and O–H groups in total. The van der Waals surface area contributed by atoms with E-state index in [1.54, 1.807) is 30.7 Å². The van der Waals surface area contributed by atoms with Crippen LogP contribution >= 0.6 is 0 Å². The van der Waals surface area contributed by atoms with Crippen molar-refractivity contribution >= 4 is 23.0 Å². The number of amides is 1. The van der Waals surface area contributed by atoms with Crippen molar-refractivity contribution < 1.29 is 9.72 Å².